The van der Waals surface area contributed by atoms with Crippen molar-refractivity contribution in [2.75, 3.05) is 0 Å². The highest BCUT2D eigenvalue weighted by Crippen LogP contribution is 2.43. The lowest BCUT2D eigenvalue weighted by molar-refractivity contribution is 0.00578. The molecule has 0 spiro atoms. The first-order valence-corrected chi connectivity index (χ1v) is 13.2. The predicted molar refractivity (Wildman–Crippen MR) is 158 cm³/mol. The van der Waals surface area contributed by atoms with Crippen LogP contribution in [0.15, 0.2) is 108 Å². The van der Waals surface area contributed by atoms with Crippen LogP contribution in [-0.2, 0) is 9.31 Å². The molecule has 0 saturated carbocycles. The van der Waals surface area contributed by atoms with E-state index >= 15 is 0 Å². The molecule has 1 aliphatic heterocycles. The summed E-state index contributed by atoms with van der Waals surface area (Å²) in [5, 5.41) is 4.70. The summed E-state index contributed by atoms with van der Waals surface area (Å²) in [5.74, 6) is 0. The Morgan fingerprint density at radius 1 is 0.553 bits per heavy atom. The smallest absolute Gasteiger partial charge is 0.455 e. The maximum Gasteiger partial charge on any atom is 0.494 e. The van der Waals surface area contributed by atoms with Crippen LogP contribution < -0.4 is 5.46 Å². The second-order valence-electron chi connectivity index (χ2n) is 11.2. The number of fused-ring (bicyclic) bond motifs is 5. The lowest BCUT2D eigenvalue weighted by Crippen LogP contribution is -2.41. The average molecular weight is 496 g/mol. The third-order valence-electron chi connectivity index (χ3n) is 8.32. The van der Waals surface area contributed by atoms with Gasteiger partial charge in [-0.15, -0.1) is 0 Å². The van der Waals surface area contributed by atoms with E-state index in [2.05, 4.69) is 125 Å². The van der Waals surface area contributed by atoms with E-state index in [1.807, 2.05) is 6.07 Å². The lowest BCUT2D eigenvalue weighted by Gasteiger charge is -2.32. The summed E-state index contributed by atoms with van der Waals surface area (Å²) in [5.41, 5.74) is 6.54. The van der Waals surface area contributed by atoms with Gasteiger partial charge in [-0.25, -0.2) is 0 Å². The third kappa shape index (κ3) is 3.52. The van der Waals surface area contributed by atoms with Crippen molar-refractivity contribution in [2.45, 2.75) is 38.9 Å². The molecule has 1 saturated heterocycles. The molecule has 5 aromatic carbocycles. The summed E-state index contributed by atoms with van der Waals surface area (Å²) in [4.78, 5) is 0. The van der Waals surface area contributed by atoms with E-state index in [1.54, 1.807) is 0 Å². The van der Waals surface area contributed by atoms with Crippen molar-refractivity contribution in [1.82, 2.24) is 0 Å². The predicted octanol–water partition coefficient (Wildman–Crippen LogP) is 8.37. The zero-order valence-corrected chi connectivity index (χ0v) is 22.1. The molecule has 0 radical (unpaired) electrons. The van der Waals surface area contributed by atoms with Crippen LogP contribution in [0.4, 0.5) is 0 Å². The Kier molecular flexibility index (Phi) is 5.10. The fourth-order valence-corrected chi connectivity index (χ4v) is 5.51. The highest BCUT2D eigenvalue weighted by atomic mass is 16.7. The molecule has 0 amide bonds. The molecule has 186 valence electrons. The zero-order chi connectivity index (χ0) is 26.1. The topological polar surface area (TPSA) is 31.6 Å². The molecule has 3 nitrogen and oxygen atoms in total. The molecule has 0 atom stereocenters. The maximum absolute atomic E-state index is 6.77. The van der Waals surface area contributed by atoms with Gasteiger partial charge in [-0.05, 0) is 61.1 Å². The van der Waals surface area contributed by atoms with Gasteiger partial charge in [-0.1, -0.05) is 97.1 Å². The monoisotopic (exact) mass is 496 g/mol. The van der Waals surface area contributed by atoms with Crippen molar-refractivity contribution < 1.29 is 13.7 Å². The van der Waals surface area contributed by atoms with Crippen molar-refractivity contribution >= 4 is 45.3 Å². The van der Waals surface area contributed by atoms with Crippen LogP contribution >= 0.6 is 0 Å². The molecular weight excluding hydrogens is 467 g/mol. The Balaban J connectivity index is 1.39. The minimum atomic E-state index is -0.379. The first-order valence-electron chi connectivity index (χ1n) is 13.2. The van der Waals surface area contributed by atoms with Crippen molar-refractivity contribution in [3.63, 3.8) is 0 Å². The summed E-state index contributed by atoms with van der Waals surface area (Å²) < 4.78 is 19.3. The van der Waals surface area contributed by atoms with Gasteiger partial charge < -0.3 is 13.7 Å². The molecule has 6 aromatic rings. The van der Waals surface area contributed by atoms with Crippen molar-refractivity contribution in [3.05, 3.63) is 103 Å². The van der Waals surface area contributed by atoms with E-state index in [0.717, 1.165) is 49.7 Å². The highest BCUT2D eigenvalue weighted by Gasteiger charge is 2.51. The van der Waals surface area contributed by atoms with Crippen LogP contribution in [0, 0.1) is 0 Å². The Morgan fingerprint density at radius 3 is 1.92 bits per heavy atom. The molecule has 38 heavy (non-hydrogen) atoms. The first kappa shape index (κ1) is 23.3. The molecule has 1 fully saturated rings. The molecule has 2 heterocycles. The van der Waals surface area contributed by atoms with Gasteiger partial charge in [0, 0.05) is 21.9 Å². The van der Waals surface area contributed by atoms with E-state index < -0.39 is 0 Å². The number of para-hydroxylation sites is 1. The second-order valence-corrected chi connectivity index (χ2v) is 11.2. The zero-order valence-electron chi connectivity index (χ0n) is 22.1. The summed E-state index contributed by atoms with van der Waals surface area (Å²) in [6.07, 6.45) is 0. The minimum Gasteiger partial charge on any atom is -0.455 e. The van der Waals surface area contributed by atoms with Gasteiger partial charge in [-0.3, -0.25) is 0 Å². The Bertz CT molecular complexity index is 1800. The number of hydrogen-bond donors (Lipinski definition) is 0. The van der Waals surface area contributed by atoms with Crippen molar-refractivity contribution in [1.29, 1.82) is 0 Å². The van der Waals surface area contributed by atoms with E-state index in [-0.39, 0.29) is 18.3 Å². The van der Waals surface area contributed by atoms with Crippen LogP contribution in [-0.4, -0.2) is 18.3 Å². The summed E-state index contributed by atoms with van der Waals surface area (Å²) >= 11 is 0. The van der Waals surface area contributed by atoms with Gasteiger partial charge in [0.2, 0.25) is 0 Å². The first-order chi connectivity index (χ1) is 18.3. The average Bonchev–Trinajstić information content (AvgIpc) is 3.42. The lowest BCUT2D eigenvalue weighted by atomic mass is 9.78. The fraction of sp³-hybridized carbons (Fsp3) is 0.176. The quantitative estimate of drug-likeness (QED) is 0.231. The fourth-order valence-electron chi connectivity index (χ4n) is 5.51. The molecule has 7 rings (SSSR count). The van der Waals surface area contributed by atoms with Gasteiger partial charge >= 0.3 is 7.12 Å². The molecule has 0 unspecified atom stereocenters. The highest BCUT2D eigenvalue weighted by molar-refractivity contribution is 6.62. The molecule has 0 N–H and O–H groups in total. The normalized spacial score (nSPS) is 16.6. The largest absolute Gasteiger partial charge is 0.494 e. The van der Waals surface area contributed by atoms with Gasteiger partial charge in [0.1, 0.15) is 11.2 Å². The number of rotatable bonds is 3. The van der Waals surface area contributed by atoms with Gasteiger partial charge in [0.05, 0.1) is 11.2 Å². The Hall–Kier alpha value is -3.86. The number of hydrogen-bond acceptors (Lipinski definition) is 3. The summed E-state index contributed by atoms with van der Waals surface area (Å²) in [7, 11) is -0.379. The minimum absolute atomic E-state index is 0.366. The van der Waals surface area contributed by atoms with Crippen LogP contribution in [0.2, 0.25) is 0 Å². The standard InChI is InChI=1S/C34H29BO3/c1-33(2)34(3,4)38-35(37-33)25-19-17-23(18-20-25)27-15-10-16-28-30-26-14-9-8-13-24(26)21-29(32(30)36-31(27)28)22-11-6-5-7-12-22/h5-21H,1-4H3. The molecule has 0 aliphatic carbocycles. The summed E-state index contributed by atoms with van der Waals surface area (Å²) in [6, 6.07) is 36.2. The molecular formula is C34H29BO3. The number of furan rings is 1. The maximum atomic E-state index is 6.77. The van der Waals surface area contributed by atoms with Crippen molar-refractivity contribution in [3.8, 4) is 22.3 Å². The van der Waals surface area contributed by atoms with E-state index in [9.17, 15) is 0 Å². The molecule has 1 aliphatic rings. The van der Waals surface area contributed by atoms with Crippen LogP contribution in [0.25, 0.3) is 55.0 Å². The third-order valence-corrected chi connectivity index (χ3v) is 8.32. The summed E-state index contributed by atoms with van der Waals surface area (Å²) in [6.45, 7) is 8.32. The molecule has 0 bridgehead atoms. The van der Waals surface area contributed by atoms with Gasteiger partial charge in [0.15, 0.2) is 0 Å². The van der Waals surface area contributed by atoms with E-state index in [0.29, 0.717) is 0 Å². The second kappa shape index (κ2) is 8.32. The van der Waals surface area contributed by atoms with Crippen LogP contribution in [0.3, 0.4) is 0 Å². The van der Waals surface area contributed by atoms with Crippen LogP contribution in [0.5, 0.6) is 0 Å². The van der Waals surface area contributed by atoms with E-state index in [4.69, 9.17) is 13.7 Å². The molecule has 4 heteroatoms. The van der Waals surface area contributed by atoms with Gasteiger partial charge in [0.25, 0.3) is 0 Å². The molecule has 1 aromatic heterocycles. The Labute approximate surface area is 223 Å². The number of benzene rings is 5. The van der Waals surface area contributed by atoms with Crippen LogP contribution in [0.1, 0.15) is 27.7 Å². The SMILES string of the molecule is CC1(C)OB(c2ccc(-c3cccc4c3oc3c(-c5ccccc5)cc5ccccc5c34)cc2)OC1(C)C. The van der Waals surface area contributed by atoms with E-state index in [1.165, 1.54) is 10.8 Å². The van der Waals surface area contributed by atoms with Gasteiger partial charge in [-0.2, -0.15) is 0 Å². The van der Waals surface area contributed by atoms with Crippen molar-refractivity contribution in [2.24, 2.45) is 0 Å². The Morgan fingerprint density at radius 2 is 1.18 bits per heavy atom.